The van der Waals surface area contributed by atoms with E-state index in [1.165, 1.54) is 12.8 Å². The van der Waals surface area contributed by atoms with E-state index in [9.17, 15) is 9.59 Å². The van der Waals surface area contributed by atoms with Crippen LogP contribution in [-0.4, -0.2) is 18.4 Å². The lowest BCUT2D eigenvalue weighted by atomic mass is 10.1. The van der Waals surface area contributed by atoms with Gasteiger partial charge in [-0.2, -0.15) is 0 Å². The zero-order chi connectivity index (χ0) is 20.2. The number of hydrogen-bond donors (Lipinski definition) is 2. The molecule has 28 heavy (non-hydrogen) atoms. The summed E-state index contributed by atoms with van der Waals surface area (Å²) in [6, 6.07) is 14.4. The molecule has 2 amide bonds. The van der Waals surface area contributed by atoms with E-state index < -0.39 is 0 Å². The fourth-order valence-corrected chi connectivity index (χ4v) is 2.81. The number of benzene rings is 2. The number of para-hydroxylation sites is 1. The van der Waals surface area contributed by atoms with E-state index in [4.69, 9.17) is 4.74 Å². The fraction of sp³-hybridized carbons (Fsp3) is 0.391. The Morgan fingerprint density at radius 2 is 1.61 bits per heavy atom. The number of carbonyl (C=O) groups excluding carboxylic acids is 2. The third-order valence-electron chi connectivity index (χ3n) is 4.27. The van der Waals surface area contributed by atoms with Crippen molar-refractivity contribution in [1.82, 2.24) is 0 Å². The zero-order valence-corrected chi connectivity index (χ0v) is 16.8. The minimum Gasteiger partial charge on any atom is -0.493 e. The Bertz CT molecular complexity index is 774. The average molecular weight is 383 g/mol. The standard InChI is InChI=1S/C23H30N2O3/c1-3-5-6-9-16-28-21-15-8-7-14-20(21)23(27)25-19-13-10-12-18(17-19)24-22(26)11-4-2/h7-8,10,12-15,17H,3-6,9,11,16H2,1-2H3,(H,24,26)(H,25,27). The van der Waals surface area contributed by atoms with Gasteiger partial charge in [0, 0.05) is 17.8 Å². The summed E-state index contributed by atoms with van der Waals surface area (Å²) >= 11 is 0. The number of nitrogens with one attached hydrogen (secondary N) is 2. The quantitative estimate of drug-likeness (QED) is 0.494. The van der Waals surface area contributed by atoms with Gasteiger partial charge in [0.25, 0.3) is 5.91 Å². The van der Waals surface area contributed by atoms with E-state index in [-0.39, 0.29) is 11.8 Å². The van der Waals surface area contributed by atoms with Gasteiger partial charge in [-0.05, 0) is 43.2 Å². The van der Waals surface area contributed by atoms with E-state index in [0.717, 1.165) is 19.3 Å². The van der Waals surface area contributed by atoms with Gasteiger partial charge in [-0.15, -0.1) is 0 Å². The lowest BCUT2D eigenvalue weighted by Gasteiger charge is -2.12. The van der Waals surface area contributed by atoms with Gasteiger partial charge in [-0.1, -0.05) is 51.3 Å². The summed E-state index contributed by atoms with van der Waals surface area (Å²) in [4.78, 5) is 24.5. The van der Waals surface area contributed by atoms with Crippen molar-refractivity contribution in [2.24, 2.45) is 0 Å². The summed E-state index contributed by atoms with van der Waals surface area (Å²) in [6.45, 7) is 4.73. The Hall–Kier alpha value is -2.82. The van der Waals surface area contributed by atoms with Gasteiger partial charge in [0.2, 0.25) is 5.91 Å². The van der Waals surface area contributed by atoms with Crippen molar-refractivity contribution in [2.75, 3.05) is 17.2 Å². The Morgan fingerprint density at radius 3 is 2.36 bits per heavy atom. The van der Waals surface area contributed by atoms with E-state index in [1.807, 2.05) is 25.1 Å². The van der Waals surface area contributed by atoms with Crippen molar-refractivity contribution in [3.63, 3.8) is 0 Å². The summed E-state index contributed by atoms with van der Waals surface area (Å²) in [5, 5.41) is 5.72. The fourth-order valence-electron chi connectivity index (χ4n) is 2.81. The predicted octanol–water partition coefficient (Wildman–Crippen LogP) is 5.64. The summed E-state index contributed by atoms with van der Waals surface area (Å²) in [7, 11) is 0. The molecule has 0 saturated heterocycles. The van der Waals surface area contributed by atoms with Gasteiger partial charge in [0.05, 0.1) is 12.2 Å². The normalized spacial score (nSPS) is 10.4. The maximum Gasteiger partial charge on any atom is 0.259 e. The highest BCUT2D eigenvalue weighted by Crippen LogP contribution is 2.22. The predicted molar refractivity (Wildman–Crippen MR) is 114 cm³/mol. The molecule has 150 valence electrons. The lowest BCUT2D eigenvalue weighted by Crippen LogP contribution is -2.15. The Kier molecular flexibility index (Phi) is 9.05. The number of unbranched alkanes of at least 4 members (excludes halogenated alkanes) is 3. The third-order valence-corrected chi connectivity index (χ3v) is 4.27. The molecule has 2 aromatic carbocycles. The van der Waals surface area contributed by atoms with Crippen molar-refractivity contribution in [1.29, 1.82) is 0 Å². The second-order valence-electron chi connectivity index (χ2n) is 6.74. The zero-order valence-electron chi connectivity index (χ0n) is 16.8. The molecule has 0 spiro atoms. The second-order valence-corrected chi connectivity index (χ2v) is 6.74. The van der Waals surface area contributed by atoms with Crippen LogP contribution in [0, 0.1) is 0 Å². The summed E-state index contributed by atoms with van der Waals surface area (Å²) < 4.78 is 5.83. The van der Waals surface area contributed by atoms with E-state index >= 15 is 0 Å². The summed E-state index contributed by atoms with van der Waals surface area (Å²) in [5.74, 6) is 0.317. The highest BCUT2D eigenvalue weighted by Gasteiger charge is 2.13. The van der Waals surface area contributed by atoms with Crippen LogP contribution in [-0.2, 0) is 4.79 Å². The minimum absolute atomic E-state index is 0.0344. The number of amides is 2. The first-order valence-corrected chi connectivity index (χ1v) is 10.1. The van der Waals surface area contributed by atoms with Gasteiger partial charge in [0.1, 0.15) is 5.75 Å². The molecule has 5 heteroatoms. The molecule has 0 aliphatic carbocycles. The monoisotopic (exact) mass is 382 g/mol. The van der Waals surface area contributed by atoms with Gasteiger partial charge in [-0.25, -0.2) is 0 Å². The molecule has 5 nitrogen and oxygen atoms in total. The topological polar surface area (TPSA) is 67.4 Å². The van der Waals surface area contributed by atoms with E-state index in [2.05, 4.69) is 17.6 Å². The number of ether oxygens (including phenoxy) is 1. The number of carbonyl (C=O) groups is 2. The Morgan fingerprint density at radius 1 is 0.857 bits per heavy atom. The molecule has 0 heterocycles. The van der Waals surface area contributed by atoms with Crippen molar-refractivity contribution >= 4 is 23.2 Å². The Balaban J connectivity index is 2.00. The van der Waals surface area contributed by atoms with Crippen LogP contribution in [0.1, 0.15) is 62.7 Å². The second kappa shape index (κ2) is 11.8. The first-order chi connectivity index (χ1) is 13.6. The third kappa shape index (κ3) is 7.06. The Labute approximate surface area is 167 Å². The first kappa shape index (κ1) is 21.5. The van der Waals surface area contributed by atoms with Gasteiger partial charge in [0.15, 0.2) is 0 Å². The van der Waals surface area contributed by atoms with Crippen LogP contribution < -0.4 is 15.4 Å². The average Bonchev–Trinajstić information content (AvgIpc) is 2.68. The van der Waals surface area contributed by atoms with Crippen LogP contribution in [0.4, 0.5) is 11.4 Å². The number of anilines is 2. The van der Waals surface area contributed by atoms with Crippen molar-refractivity contribution < 1.29 is 14.3 Å². The SMILES string of the molecule is CCCCCCOc1ccccc1C(=O)Nc1cccc(NC(=O)CCC)c1. The van der Waals surface area contributed by atoms with Crippen LogP contribution in [0.25, 0.3) is 0 Å². The molecule has 0 atom stereocenters. The highest BCUT2D eigenvalue weighted by atomic mass is 16.5. The lowest BCUT2D eigenvalue weighted by molar-refractivity contribution is -0.116. The molecule has 0 bridgehead atoms. The molecule has 0 unspecified atom stereocenters. The van der Waals surface area contributed by atoms with Crippen LogP contribution in [0.5, 0.6) is 5.75 Å². The first-order valence-electron chi connectivity index (χ1n) is 10.1. The molecule has 2 rings (SSSR count). The maximum atomic E-state index is 12.7. The van der Waals surface area contributed by atoms with Crippen LogP contribution >= 0.6 is 0 Å². The molecule has 0 radical (unpaired) electrons. The maximum absolute atomic E-state index is 12.7. The largest absolute Gasteiger partial charge is 0.493 e. The number of rotatable bonds is 11. The highest BCUT2D eigenvalue weighted by molar-refractivity contribution is 6.06. The summed E-state index contributed by atoms with van der Waals surface area (Å²) in [5.41, 5.74) is 1.78. The van der Waals surface area contributed by atoms with Gasteiger partial charge < -0.3 is 15.4 Å². The van der Waals surface area contributed by atoms with E-state index in [0.29, 0.717) is 35.7 Å². The summed E-state index contributed by atoms with van der Waals surface area (Å²) in [6.07, 6.45) is 5.73. The molecule has 0 aliphatic heterocycles. The number of hydrogen-bond acceptors (Lipinski definition) is 3. The van der Waals surface area contributed by atoms with Crippen molar-refractivity contribution in [3.8, 4) is 5.75 Å². The minimum atomic E-state index is -0.235. The van der Waals surface area contributed by atoms with Crippen LogP contribution in [0.2, 0.25) is 0 Å². The molecule has 2 aromatic rings. The molecule has 2 N–H and O–H groups in total. The molecule has 0 fully saturated rings. The molecular formula is C23H30N2O3. The van der Waals surface area contributed by atoms with Crippen molar-refractivity contribution in [2.45, 2.75) is 52.4 Å². The van der Waals surface area contributed by atoms with E-state index in [1.54, 1.807) is 30.3 Å². The van der Waals surface area contributed by atoms with Crippen molar-refractivity contribution in [3.05, 3.63) is 54.1 Å². The van der Waals surface area contributed by atoms with Crippen LogP contribution in [0.3, 0.4) is 0 Å². The molecular weight excluding hydrogens is 352 g/mol. The van der Waals surface area contributed by atoms with Gasteiger partial charge in [-0.3, -0.25) is 9.59 Å². The molecule has 0 aromatic heterocycles. The molecule has 0 aliphatic rings. The molecule has 0 saturated carbocycles. The smallest absolute Gasteiger partial charge is 0.259 e. The van der Waals surface area contributed by atoms with Gasteiger partial charge >= 0.3 is 0 Å². The van der Waals surface area contributed by atoms with Crippen LogP contribution in [0.15, 0.2) is 48.5 Å².